The topological polar surface area (TPSA) is 72.5 Å². The van der Waals surface area contributed by atoms with Gasteiger partial charge in [0.1, 0.15) is 11.4 Å². The fraction of sp³-hybridized carbons (Fsp3) is 0.417. The number of ether oxygens (including phenoxy) is 1. The van der Waals surface area contributed by atoms with Crippen LogP contribution >= 0.6 is 0 Å². The van der Waals surface area contributed by atoms with E-state index in [9.17, 15) is 13.2 Å². The highest BCUT2D eigenvalue weighted by atomic mass is 32.2. The molecule has 0 spiro atoms. The molecule has 6 heteroatoms. The molecule has 1 heterocycles. The molecule has 0 bridgehead atoms. The van der Waals surface area contributed by atoms with Gasteiger partial charge in [-0.15, -0.1) is 0 Å². The van der Waals surface area contributed by atoms with Crippen LogP contribution in [0.5, 0.6) is 5.75 Å². The number of amides is 1. The number of benzene rings is 1. The number of fused-ring (bicyclic) bond motifs is 1. The first-order valence-corrected chi connectivity index (χ1v) is 7.48. The lowest BCUT2D eigenvalue weighted by Gasteiger charge is -2.13. The molecule has 1 aromatic carbocycles. The number of nitrogens with one attached hydrogen (secondary N) is 1. The summed E-state index contributed by atoms with van der Waals surface area (Å²) in [5.41, 5.74) is 0.272. The van der Waals surface area contributed by atoms with E-state index in [0.717, 1.165) is 6.42 Å². The van der Waals surface area contributed by atoms with Gasteiger partial charge in [0.05, 0.1) is 17.3 Å². The van der Waals surface area contributed by atoms with Crippen LogP contribution in [0.4, 0.5) is 5.69 Å². The average molecular weight is 269 g/mol. The van der Waals surface area contributed by atoms with Crippen LogP contribution < -0.4 is 10.1 Å². The molecule has 1 N–H and O–H groups in total. The standard InChI is InChI=1S/C12H15NO4S/c1-2-7-17-9-4-3-5-10-12(9)13-11(14)6-8-18(10,15)16/h3-5H,2,6-8H2,1H3,(H,13,14). The van der Waals surface area contributed by atoms with E-state index in [1.165, 1.54) is 6.07 Å². The molecular formula is C12H15NO4S. The quantitative estimate of drug-likeness (QED) is 0.904. The summed E-state index contributed by atoms with van der Waals surface area (Å²) in [4.78, 5) is 11.7. The number of para-hydroxylation sites is 1. The SMILES string of the molecule is CCCOc1cccc2c1NC(=O)CCS2(=O)=O. The van der Waals surface area contributed by atoms with Crippen LogP contribution in [0.3, 0.4) is 0 Å². The summed E-state index contributed by atoms with van der Waals surface area (Å²) in [5, 5.41) is 2.61. The Bertz CT molecular complexity index is 565. The van der Waals surface area contributed by atoms with E-state index in [0.29, 0.717) is 12.4 Å². The summed E-state index contributed by atoms with van der Waals surface area (Å²) in [6, 6.07) is 4.78. The van der Waals surface area contributed by atoms with Crippen molar-refractivity contribution >= 4 is 21.4 Å². The summed E-state index contributed by atoms with van der Waals surface area (Å²) in [6.07, 6.45) is 0.786. The molecule has 0 saturated heterocycles. The highest BCUT2D eigenvalue weighted by Gasteiger charge is 2.27. The lowest BCUT2D eigenvalue weighted by molar-refractivity contribution is -0.115. The van der Waals surface area contributed by atoms with Crippen LogP contribution in [-0.2, 0) is 14.6 Å². The number of carbonyl (C=O) groups is 1. The van der Waals surface area contributed by atoms with Crippen molar-refractivity contribution in [2.24, 2.45) is 0 Å². The van der Waals surface area contributed by atoms with Gasteiger partial charge < -0.3 is 10.1 Å². The summed E-state index contributed by atoms with van der Waals surface area (Å²) >= 11 is 0. The third kappa shape index (κ3) is 2.48. The Morgan fingerprint density at radius 3 is 2.89 bits per heavy atom. The van der Waals surface area contributed by atoms with Crippen LogP contribution in [0.25, 0.3) is 0 Å². The van der Waals surface area contributed by atoms with Gasteiger partial charge in [0, 0.05) is 6.42 Å². The molecular weight excluding hydrogens is 254 g/mol. The van der Waals surface area contributed by atoms with E-state index in [4.69, 9.17) is 4.74 Å². The summed E-state index contributed by atoms with van der Waals surface area (Å²) in [5.74, 6) is -0.0543. The van der Waals surface area contributed by atoms with Crippen molar-refractivity contribution in [3.8, 4) is 5.75 Å². The average Bonchev–Trinajstić information content (AvgIpc) is 2.45. The number of hydrogen-bond acceptors (Lipinski definition) is 4. The van der Waals surface area contributed by atoms with Gasteiger partial charge >= 0.3 is 0 Å². The number of carbonyl (C=O) groups excluding carboxylic acids is 1. The maximum atomic E-state index is 12.0. The fourth-order valence-electron chi connectivity index (χ4n) is 1.76. The maximum absolute atomic E-state index is 12.0. The van der Waals surface area contributed by atoms with Crippen LogP contribution in [0.2, 0.25) is 0 Å². The molecule has 5 nitrogen and oxygen atoms in total. The van der Waals surface area contributed by atoms with E-state index < -0.39 is 9.84 Å². The van der Waals surface area contributed by atoms with Crippen LogP contribution in [0.1, 0.15) is 19.8 Å². The zero-order chi connectivity index (χ0) is 13.2. The lowest BCUT2D eigenvalue weighted by atomic mass is 10.3. The Morgan fingerprint density at radius 2 is 2.17 bits per heavy atom. The van der Waals surface area contributed by atoms with E-state index in [2.05, 4.69) is 5.32 Å². The first-order chi connectivity index (χ1) is 8.54. The zero-order valence-electron chi connectivity index (χ0n) is 10.1. The second-order valence-corrected chi connectivity index (χ2v) is 6.17. The third-order valence-corrected chi connectivity index (χ3v) is 4.40. The van der Waals surface area contributed by atoms with Gasteiger partial charge in [-0.05, 0) is 18.6 Å². The molecule has 0 aromatic heterocycles. The first kappa shape index (κ1) is 12.9. The van der Waals surface area contributed by atoms with Crippen molar-refractivity contribution in [3.63, 3.8) is 0 Å². The highest BCUT2D eigenvalue weighted by molar-refractivity contribution is 7.91. The van der Waals surface area contributed by atoms with Gasteiger partial charge in [0.2, 0.25) is 5.91 Å². The molecule has 1 aliphatic rings. The molecule has 0 aliphatic carbocycles. The Labute approximate surface area is 106 Å². The molecule has 1 amide bonds. The third-order valence-electron chi connectivity index (χ3n) is 2.65. The Morgan fingerprint density at radius 1 is 1.39 bits per heavy atom. The predicted molar refractivity (Wildman–Crippen MR) is 67.5 cm³/mol. The molecule has 1 aliphatic heterocycles. The maximum Gasteiger partial charge on any atom is 0.225 e. The summed E-state index contributed by atoms with van der Waals surface area (Å²) in [6.45, 7) is 2.43. The predicted octanol–water partition coefficient (Wildman–Crippen LogP) is 1.59. The minimum atomic E-state index is -3.42. The van der Waals surface area contributed by atoms with E-state index in [-0.39, 0.29) is 28.7 Å². The highest BCUT2D eigenvalue weighted by Crippen LogP contribution is 2.34. The van der Waals surface area contributed by atoms with Crippen LogP contribution in [0, 0.1) is 0 Å². The molecule has 0 atom stereocenters. The normalized spacial score (nSPS) is 17.5. The zero-order valence-corrected chi connectivity index (χ0v) is 10.9. The molecule has 0 radical (unpaired) electrons. The van der Waals surface area contributed by atoms with E-state index >= 15 is 0 Å². The number of hydrogen-bond donors (Lipinski definition) is 1. The summed E-state index contributed by atoms with van der Waals surface area (Å²) in [7, 11) is -3.42. The largest absolute Gasteiger partial charge is 0.491 e. The molecule has 0 fully saturated rings. The second-order valence-electron chi connectivity index (χ2n) is 4.09. The second kappa shape index (κ2) is 4.97. The molecule has 2 rings (SSSR count). The van der Waals surface area contributed by atoms with Crippen molar-refractivity contribution in [3.05, 3.63) is 18.2 Å². The molecule has 1 aromatic rings. The Balaban J connectivity index is 2.52. The summed E-state index contributed by atoms with van der Waals surface area (Å²) < 4.78 is 29.5. The van der Waals surface area contributed by atoms with Crippen molar-refractivity contribution in [2.75, 3.05) is 17.7 Å². The number of anilines is 1. The smallest absolute Gasteiger partial charge is 0.225 e. The van der Waals surface area contributed by atoms with Crippen LogP contribution in [-0.4, -0.2) is 26.7 Å². The van der Waals surface area contributed by atoms with Crippen molar-refractivity contribution in [1.82, 2.24) is 0 Å². The van der Waals surface area contributed by atoms with Gasteiger partial charge in [0.15, 0.2) is 9.84 Å². The number of rotatable bonds is 3. The van der Waals surface area contributed by atoms with E-state index in [1.807, 2.05) is 6.92 Å². The first-order valence-electron chi connectivity index (χ1n) is 5.83. The van der Waals surface area contributed by atoms with Crippen molar-refractivity contribution in [2.45, 2.75) is 24.7 Å². The molecule has 0 saturated carbocycles. The Hall–Kier alpha value is -1.56. The van der Waals surface area contributed by atoms with E-state index in [1.54, 1.807) is 12.1 Å². The lowest BCUT2D eigenvalue weighted by Crippen LogP contribution is -2.11. The van der Waals surface area contributed by atoms with Crippen LogP contribution in [0.15, 0.2) is 23.1 Å². The van der Waals surface area contributed by atoms with Gasteiger partial charge in [0.25, 0.3) is 0 Å². The number of sulfone groups is 1. The minimum Gasteiger partial charge on any atom is -0.491 e. The molecule has 0 unspecified atom stereocenters. The Kier molecular flexibility index (Phi) is 3.56. The minimum absolute atomic E-state index is 0.0236. The molecule has 98 valence electrons. The van der Waals surface area contributed by atoms with Gasteiger partial charge in [-0.2, -0.15) is 0 Å². The van der Waals surface area contributed by atoms with Gasteiger partial charge in [-0.1, -0.05) is 13.0 Å². The van der Waals surface area contributed by atoms with Gasteiger partial charge in [-0.25, -0.2) is 8.42 Å². The van der Waals surface area contributed by atoms with Gasteiger partial charge in [-0.3, -0.25) is 4.79 Å². The molecule has 18 heavy (non-hydrogen) atoms. The van der Waals surface area contributed by atoms with Crippen molar-refractivity contribution < 1.29 is 17.9 Å². The van der Waals surface area contributed by atoms with Crippen molar-refractivity contribution in [1.29, 1.82) is 0 Å². The fourth-order valence-corrected chi connectivity index (χ4v) is 3.19. The monoisotopic (exact) mass is 269 g/mol.